The van der Waals surface area contributed by atoms with Gasteiger partial charge in [0.15, 0.2) is 0 Å². The monoisotopic (exact) mass is 364 g/mol. The molecule has 1 aromatic carbocycles. The maximum atomic E-state index is 12.0. The summed E-state index contributed by atoms with van der Waals surface area (Å²) in [4.78, 5) is 10.7. The molecule has 20 heavy (non-hydrogen) atoms. The predicted molar refractivity (Wildman–Crippen MR) is 78.9 cm³/mol. The van der Waals surface area contributed by atoms with Crippen molar-refractivity contribution in [2.45, 2.75) is 24.2 Å². The lowest BCUT2D eigenvalue weighted by Crippen LogP contribution is -2.25. The second kappa shape index (κ2) is 7.61. The third-order valence-corrected chi connectivity index (χ3v) is 4.65. The van der Waals surface area contributed by atoms with Crippen molar-refractivity contribution in [3.8, 4) is 5.75 Å². The highest BCUT2D eigenvalue weighted by Gasteiger charge is 2.15. The maximum Gasteiger partial charge on any atom is 0.240 e. The van der Waals surface area contributed by atoms with Crippen LogP contribution < -0.4 is 15.2 Å². The highest BCUT2D eigenvalue weighted by molar-refractivity contribution is 9.10. The number of rotatable bonds is 8. The van der Waals surface area contributed by atoms with Gasteiger partial charge >= 0.3 is 0 Å². The molecule has 112 valence electrons. The van der Waals surface area contributed by atoms with E-state index in [-0.39, 0.29) is 23.8 Å². The van der Waals surface area contributed by atoms with Crippen molar-refractivity contribution >= 4 is 31.9 Å². The minimum absolute atomic E-state index is 0.153. The first-order valence-electron chi connectivity index (χ1n) is 5.98. The third-order valence-electron chi connectivity index (χ3n) is 2.58. The summed E-state index contributed by atoms with van der Waals surface area (Å²) in [5.74, 6) is 0.178. The van der Waals surface area contributed by atoms with Crippen LogP contribution in [-0.2, 0) is 14.8 Å². The fraction of sp³-hybridized carbons (Fsp3) is 0.417. The molecule has 0 saturated heterocycles. The summed E-state index contributed by atoms with van der Waals surface area (Å²) in [5, 5.41) is 0. The number of benzene rings is 1. The Morgan fingerprint density at radius 3 is 2.65 bits per heavy atom. The van der Waals surface area contributed by atoms with E-state index >= 15 is 0 Å². The minimum Gasteiger partial charge on any atom is -0.496 e. The number of halogens is 1. The van der Waals surface area contributed by atoms with E-state index < -0.39 is 10.0 Å². The van der Waals surface area contributed by atoms with Crippen LogP contribution in [-0.4, -0.2) is 28.0 Å². The van der Waals surface area contributed by atoms with E-state index in [1.807, 2.05) is 0 Å². The van der Waals surface area contributed by atoms with Gasteiger partial charge in [0.05, 0.1) is 16.5 Å². The minimum atomic E-state index is -3.56. The Balaban J connectivity index is 2.60. The first-order chi connectivity index (χ1) is 9.36. The van der Waals surface area contributed by atoms with Crippen LogP contribution in [0, 0.1) is 0 Å². The zero-order valence-corrected chi connectivity index (χ0v) is 13.5. The normalized spacial score (nSPS) is 11.3. The molecular weight excluding hydrogens is 348 g/mol. The Hall–Kier alpha value is -1.12. The fourth-order valence-electron chi connectivity index (χ4n) is 1.53. The largest absolute Gasteiger partial charge is 0.496 e. The molecule has 0 saturated carbocycles. The quantitative estimate of drug-likeness (QED) is 0.680. The molecule has 0 aliphatic carbocycles. The molecule has 0 aliphatic heterocycles. The molecule has 0 atom stereocenters. The molecule has 0 aliphatic rings. The molecule has 0 heterocycles. The molecule has 8 heteroatoms. The fourth-order valence-corrected chi connectivity index (χ4v) is 3.32. The summed E-state index contributed by atoms with van der Waals surface area (Å²) in [6.07, 6.45) is 1.37. The van der Waals surface area contributed by atoms with Crippen molar-refractivity contribution < 1.29 is 17.9 Å². The number of amides is 1. The van der Waals surface area contributed by atoms with E-state index in [4.69, 9.17) is 10.5 Å². The Morgan fingerprint density at radius 2 is 2.10 bits per heavy atom. The second-order valence-electron chi connectivity index (χ2n) is 4.12. The molecule has 1 amide bonds. The molecule has 1 rings (SSSR count). The third kappa shape index (κ3) is 5.10. The van der Waals surface area contributed by atoms with Crippen molar-refractivity contribution in [1.82, 2.24) is 4.72 Å². The number of hydrogen-bond donors (Lipinski definition) is 2. The number of carbonyl (C=O) groups is 1. The van der Waals surface area contributed by atoms with Crippen molar-refractivity contribution in [3.05, 3.63) is 22.7 Å². The van der Waals surface area contributed by atoms with E-state index in [1.54, 1.807) is 6.07 Å². The van der Waals surface area contributed by atoms with Gasteiger partial charge in [-0.05, 0) is 47.0 Å². The number of sulfonamides is 1. The molecule has 3 N–H and O–H groups in total. The van der Waals surface area contributed by atoms with Crippen LogP contribution in [0.4, 0.5) is 0 Å². The first-order valence-corrected chi connectivity index (χ1v) is 8.26. The van der Waals surface area contributed by atoms with Crippen LogP contribution in [0.3, 0.4) is 0 Å². The van der Waals surface area contributed by atoms with Gasteiger partial charge < -0.3 is 10.5 Å². The van der Waals surface area contributed by atoms with E-state index in [0.717, 1.165) is 0 Å². The predicted octanol–water partition coefficient (Wildman–Crippen LogP) is 1.39. The Kier molecular flexibility index (Phi) is 6.44. The number of nitrogens with two attached hydrogens (primary N) is 1. The highest BCUT2D eigenvalue weighted by atomic mass is 79.9. The molecule has 0 spiro atoms. The lowest BCUT2D eigenvalue weighted by molar-refractivity contribution is -0.118. The zero-order valence-electron chi connectivity index (χ0n) is 11.1. The number of carbonyl (C=O) groups excluding carboxylic acids is 1. The molecule has 1 aromatic rings. The number of nitrogens with one attached hydrogen (secondary N) is 1. The van der Waals surface area contributed by atoms with Crippen LogP contribution in [0.15, 0.2) is 27.6 Å². The van der Waals surface area contributed by atoms with Crippen molar-refractivity contribution in [2.75, 3.05) is 13.7 Å². The van der Waals surface area contributed by atoms with Crippen molar-refractivity contribution in [1.29, 1.82) is 0 Å². The van der Waals surface area contributed by atoms with Crippen molar-refractivity contribution in [3.63, 3.8) is 0 Å². The summed E-state index contributed by atoms with van der Waals surface area (Å²) in [5.41, 5.74) is 5.00. The summed E-state index contributed by atoms with van der Waals surface area (Å²) < 4.78 is 32.1. The van der Waals surface area contributed by atoms with Crippen LogP contribution in [0.25, 0.3) is 0 Å². The highest BCUT2D eigenvalue weighted by Crippen LogP contribution is 2.27. The average Bonchev–Trinajstić information content (AvgIpc) is 2.37. The van der Waals surface area contributed by atoms with Gasteiger partial charge in [-0.1, -0.05) is 0 Å². The lowest BCUT2D eigenvalue weighted by Gasteiger charge is -2.08. The van der Waals surface area contributed by atoms with E-state index in [2.05, 4.69) is 20.7 Å². The second-order valence-corrected chi connectivity index (χ2v) is 6.74. The number of hydrogen-bond acceptors (Lipinski definition) is 4. The van der Waals surface area contributed by atoms with Crippen LogP contribution in [0.5, 0.6) is 5.75 Å². The summed E-state index contributed by atoms with van der Waals surface area (Å²) in [6.45, 7) is 0.263. The maximum absolute atomic E-state index is 12.0. The number of methoxy groups -OCH3 is 1. The molecule has 0 unspecified atom stereocenters. The van der Waals surface area contributed by atoms with Crippen molar-refractivity contribution in [2.24, 2.45) is 5.73 Å². The Labute approximate surface area is 126 Å². The summed E-state index contributed by atoms with van der Waals surface area (Å²) >= 11 is 3.24. The standard InChI is InChI=1S/C12H17BrN2O4S/c1-19-11-6-5-9(8-10(11)13)20(17,18)15-7-3-2-4-12(14)16/h5-6,8,15H,2-4,7H2,1H3,(H2,14,16). The van der Waals surface area contributed by atoms with E-state index in [0.29, 0.717) is 23.1 Å². The molecule has 0 aromatic heterocycles. The molecular formula is C12H17BrN2O4S. The first kappa shape index (κ1) is 16.9. The average molecular weight is 365 g/mol. The van der Waals surface area contributed by atoms with Crippen LogP contribution >= 0.6 is 15.9 Å². The van der Waals surface area contributed by atoms with Gasteiger partial charge in [-0.15, -0.1) is 0 Å². The van der Waals surface area contributed by atoms with Gasteiger partial charge in [-0.3, -0.25) is 4.79 Å². The van der Waals surface area contributed by atoms with Crippen LogP contribution in [0.1, 0.15) is 19.3 Å². The molecule has 6 nitrogen and oxygen atoms in total. The molecule has 0 radical (unpaired) electrons. The Bertz CT molecular complexity index is 575. The number of ether oxygens (including phenoxy) is 1. The van der Waals surface area contributed by atoms with Gasteiger partial charge in [0.2, 0.25) is 15.9 Å². The lowest BCUT2D eigenvalue weighted by atomic mass is 10.2. The summed E-state index contributed by atoms with van der Waals surface area (Å²) in [7, 11) is -2.05. The number of unbranched alkanes of at least 4 members (excludes halogenated alkanes) is 1. The molecule has 0 fully saturated rings. The van der Waals surface area contributed by atoms with E-state index in [9.17, 15) is 13.2 Å². The smallest absolute Gasteiger partial charge is 0.240 e. The Morgan fingerprint density at radius 1 is 1.40 bits per heavy atom. The van der Waals surface area contributed by atoms with Gasteiger partial charge in [0, 0.05) is 13.0 Å². The van der Waals surface area contributed by atoms with Gasteiger partial charge in [0.25, 0.3) is 0 Å². The molecule has 0 bridgehead atoms. The van der Waals surface area contributed by atoms with Crippen LogP contribution in [0.2, 0.25) is 0 Å². The van der Waals surface area contributed by atoms with Gasteiger partial charge in [0.1, 0.15) is 5.75 Å². The topological polar surface area (TPSA) is 98.5 Å². The van der Waals surface area contributed by atoms with Gasteiger partial charge in [-0.25, -0.2) is 13.1 Å². The SMILES string of the molecule is COc1ccc(S(=O)(=O)NCCCCC(N)=O)cc1Br. The van der Waals surface area contributed by atoms with Gasteiger partial charge in [-0.2, -0.15) is 0 Å². The van der Waals surface area contributed by atoms with E-state index in [1.165, 1.54) is 19.2 Å². The number of primary amides is 1. The zero-order chi connectivity index (χ0) is 15.2. The summed E-state index contributed by atoms with van der Waals surface area (Å²) in [6, 6.07) is 4.52.